The Balaban J connectivity index is 1.57. The molecule has 0 saturated carbocycles. The zero-order valence-corrected chi connectivity index (χ0v) is 19.7. The minimum atomic E-state index is -0.402. The Kier molecular flexibility index (Phi) is 6.45. The van der Waals surface area contributed by atoms with Gasteiger partial charge in [0, 0.05) is 11.3 Å². The van der Waals surface area contributed by atoms with Gasteiger partial charge in [-0.1, -0.05) is 45.0 Å². The molecule has 0 radical (unpaired) electrons. The van der Waals surface area contributed by atoms with Crippen LogP contribution in [0.5, 0.6) is 6.01 Å². The molecule has 34 heavy (non-hydrogen) atoms. The fourth-order valence-electron chi connectivity index (χ4n) is 3.49. The van der Waals surface area contributed by atoms with Gasteiger partial charge in [-0.05, 0) is 66.4 Å². The predicted octanol–water partition coefficient (Wildman–Crippen LogP) is 6.02. The molecule has 0 fully saturated rings. The van der Waals surface area contributed by atoms with Gasteiger partial charge in [-0.3, -0.25) is 4.79 Å². The molecular weight excluding hydrogens is 431 g/mol. The molecule has 7 heteroatoms. The third kappa shape index (κ3) is 4.98. The molecule has 0 saturated heterocycles. The van der Waals surface area contributed by atoms with Crippen LogP contribution in [0.25, 0.3) is 17.1 Å². The lowest BCUT2D eigenvalue weighted by Crippen LogP contribution is -2.14. The molecule has 1 amide bonds. The van der Waals surface area contributed by atoms with E-state index in [2.05, 4.69) is 36.2 Å². The number of anilines is 1. The Bertz CT molecular complexity index is 1290. The van der Waals surface area contributed by atoms with E-state index in [4.69, 9.17) is 4.74 Å². The maximum atomic E-state index is 14.5. The van der Waals surface area contributed by atoms with E-state index >= 15 is 0 Å². The van der Waals surface area contributed by atoms with Crippen LogP contribution in [-0.2, 0) is 5.41 Å². The summed E-state index contributed by atoms with van der Waals surface area (Å²) in [5.74, 6) is -0.266. The fraction of sp³-hybridized carbons (Fsp3) is 0.222. The van der Waals surface area contributed by atoms with Gasteiger partial charge in [-0.15, -0.1) is 5.10 Å². The average molecular weight is 459 g/mol. The molecule has 4 aromatic rings. The second-order valence-corrected chi connectivity index (χ2v) is 8.87. The van der Waals surface area contributed by atoms with Gasteiger partial charge in [0.2, 0.25) is 0 Å². The molecular formula is C27H27FN4O2. The van der Waals surface area contributed by atoms with Crippen molar-refractivity contribution in [3.63, 3.8) is 0 Å². The van der Waals surface area contributed by atoms with Crippen molar-refractivity contribution in [2.24, 2.45) is 0 Å². The molecule has 1 heterocycles. The minimum absolute atomic E-state index is 0.0236. The lowest BCUT2D eigenvalue weighted by Gasteiger charge is -2.19. The van der Waals surface area contributed by atoms with Crippen LogP contribution >= 0.6 is 0 Å². The van der Waals surface area contributed by atoms with Gasteiger partial charge in [0.15, 0.2) is 5.82 Å². The highest BCUT2D eigenvalue weighted by Crippen LogP contribution is 2.27. The zero-order chi connectivity index (χ0) is 24.3. The molecule has 0 spiro atoms. The largest absolute Gasteiger partial charge is 0.463 e. The van der Waals surface area contributed by atoms with Crippen molar-refractivity contribution < 1.29 is 13.9 Å². The van der Waals surface area contributed by atoms with Crippen molar-refractivity contribution in [1.82, 2.24) is 14.8 Å². The van der Waals surface area contributed by atoms with Crippen molar-refractivity contribution in [2.45, 2.75) is 33.1 Å². The molecule has 0 aliphatic carbocycles. The van der Waals surface area contributed by atoms with Crippen LogP contribution in [0.15, 0.2) is 72.8 Å². The Morgan fingerprint density at radius 2 is 1.68 bits per heavy atom. The van der Waals surface area contributed by atoms with Gasteiger partial charge in [0.1, 0.15) is 5.82 Å². The number of nitrogens with one attached hydrogen (secondary N) is 1. The Morgan fingerprint density at radius 3 is 2.29 bits per heavy atom. The van der Waals surface area contributed by atoms with Crippen LogP contribution in [0.2, 0.25) is 0 Å². The number of nitrogens with zero attached hydrogens (tertiary/aromatic N) is 3. The second kappa shape index (κ2) is 9.47. The second-order valence-electron chi connectivity index (χ2n) is 8.87. The van der Waals surface area contributed by atoms with Crippen LogP contribution in [0.1, 0.15) is 43.6 Å². The summed E-state index contributed by atoms with van der Waals surface area (Å²) < 4.78 is 21.4. The standard InChI is InChI=1S/C27H27FN4O2/c1-5-34-26-30-24(22-8-6-7-9-23(22)28)32(31-26)21-16-14-20(15-17-21)29-25(33)18-10-12-19(13-11-18)27(2,3)4/h6-17H,5H2,1-4H3,(H,29,33). The van der Waals surface area contributed by atoms with Gasteiger partial charge in [0.05, 0.1) is 17.9 Å². The third-order valence-corrected chi connectivity index (χ3v) is 5.36. The highest BCUT2D eigenvalue weighted by Gasteiger charge is 2.18. The van der Waals surface area contributed by atoms with Gasteiger partial charge < -0.3 is 10.1 Å². The number of rotatable bonds is 6. The summed E-state index contributed by atoms with van der Waals surface area (Å²) in [6, 6.07) is 21.3. The summed E-state index contributed by atoms with van der Waals surface area (Å²) in [6.45, 7) is 8.62. The number of aromatic nitrogens is 3. The quantitative estimate of drug-likeness (QED) is 0.383. The van der Waals surface area contributed by atoms with Crippen molar-refractivity contribution in [2.75, 3.05) is 11.9 Å². The van der Waals surface area contributed by atoms with Crippen molar-refractivity contribution >= 4 is 11.6 Å². The number of carbonyl (C=O) groups excluding carboxylic acids is 1. The van der Waals surface area contributed by atoms with Gasteiger partial charge in [0.25, 0.3) is 5.91 Å². The zero-order valence-electron chi connectivity index (χ0n) is 19.7. The monoisotopic (exact) mass is 458 g/mol. The summed E-state index contributed by atoms with van der Waals surface area (Å²) in [6.07, 6.45) is 0. The maximum Gasteiger partial charge on any atom is 0.336 e. The molecule has 4 rings (SSSR count). The third-order valence-electron chi connectivity index (χ3n) is 5.36. The number of halogens is 1. The molecule has 3 aromatic carbocycles. The van der Waals surface area contributed by atoms with Crippen LogP contribution in [0.4, 0.5) is 10.1 Å². The summed E-state index contributed by atoms with van der Waals surface area (Å²) in [5, 5.41) is 7.29. The van der Waals surface area contributed by atoms with Crippen molar-refractivity contribution in [1.29, 1.82) is 0 Å². The molecule has 0 aliphatic heterocycles. The number of carbonyl (C=O) groups is 1. The van der Waals surface area contributed by atoms with E-state index in [1.54, 1.807) is 42.5 Å². The summed E-state index contributed by atoms with van der Waals surface area (Å²) in [7, 11) is 0. The molecule has 0 bridgehead atoms. The first-order valence-electron chi connectivity index (χ1n) is 11.1. The first-order chi connectivity index (χ1) is 16.3. The van der Waals surface area contributed by atoms with E-state index in [1.165, 1.54) is 16.3 Å². The number of amides is 1. The summed E-state index contributed by atoms with van der Waals surface area (Å²) >= 11 is 0. The normalized spacial score (nSPS) is 11.3. The highest BCUT2D eigenvalue weighted by atomic mass is 19.1. The fourth-order valence-corrected chi connectivity index (χ4v) is 3.49. The topological polar surface area (TPSA) is 69.0 Å². The van der Waals surface area contributed by atoms with Crippen molar-refractivity contribution in [3.05, 3.63) is 89.7 Å². The SMILES string of the molecule is CCOc1nc(-c2ccccc2F)n(-c2ccc(NC(=O)c3ccc(C(C)(C)C)cc3)cc2)n1. The lowest BCUT2D eigenvalue weighted by molar-refractivity contribution is 0.102. The average Bonchev–Trinajstić information content (AvgIpc) is 3.23. The molecule has 6 nitrogen and oxygen atoms in total. The molecule has 1 N–H and O–H groups in total. The van der Waals surface area contributed by atoms with Crippen LogP contribution in [0.3, 0.4) is 0 Å². The predicted molar refractivity (Wildman–Crippen MR) is 131 cm³/mol. The number of benzene rings is 3. The Labute approximate surface area is 198 Å². The highest BCUT2D eigenvalue weighted by molar-refractivity contribution is 6.04. The van der Waals surface area contributed by atoms with Gasteiger partial charge >= 0.3 is 6.01 Å². The number of hydrogen-bond acceptors (Lipinski definition) is 4. The van der Waals surface area contributed by atoms with Crippen molar-refractivity contribution in [3.8, 4) is 23.1 Å². The van der Waals surface area contributed by atoms with Gasteiger partial charge in [-0.2, -0.15) is 4.98 Å². The first kappa shape index (κ1) is 23.2. The van der Waals surface area contributed by atoms with Gasteiger partial charge in [-0.25, -0.2) is 9.07 Å². The van der Waals surface area contributed by atoms with Crippen LogP contribution < -0.4 is 10.1 Å². The van der Waals surface area contributed by atoms with E-state index in [1.807, 2.05) is 31.2 Å². The number of ether oxygens (including phenoxy) is 1. The summed E-state index contributed by atoms with van der Waals surface area (Å²) in [5.41, 5.74) is 3.37. The van der Waals surface area contributed by atoms with Crippen LogP contribution in [-0.4, -0.2) is 27.3 Å². The smallest absolute Gasteiger partial charge is 0.336 e. The van der Waals surface area contributed by atoms with E-state index in [9.17, 15) is 9.18 Å². The van der Waals surface area contributed by atoms with E-state index in [-0.39, 0.29) is 17.3 Å². The Hall–Kier alpha value is -4.00. The molecule has 0 atom stereocenters. The Morgan fingerprint density at radius 1 is 1.00 bits per heavy atom. The number of hydrogen-bond donors (Lipinski definition) is 1. The van der Waals surface area contributed by atoms with Crippen LogP contribution in [0, 0.1) is 5.82 Å². The molecule has 0 aliphatic rings. The van der Waals surface area contributed by atoms with E-state index in [0.717, 1.165) is 0 Å². The molecule has 0 unspecified atom stereocenters. The van der Waals surface area contributed by atoms with E-state index in [0.29, 0.717) is 34.9 Å². The first-order valence-corrected chi connectivity index (χ1v) is 11.1. The van der Waals surface area contributed by atoms with E-state index < -0.39 is 5.82 Å². The molecule has 1 aromatic heterocycles. The molecule has 174 valence electrons. The maximum absolute atomic E-state index is 14.5. The lowest BCUT2D eigenvalue weighted by atomic mass is 9.87. The minimum Gasteiger partial charge on any atom is -0.463 e. The summed E-state index contributed by atoms with van der Waals surface area (Å²) in [4.78, 5) is 17.0.